The van der Waals surface area contributed by atoms with Crippen LogP contribution in [-0.4, -0.2) is 39.5 Å². The average molecular weight is 617 g/mol. The summed E-state index contributed by atoms with van der Waals surface area (Å²) in [6.45, 7) is 5.74. The van der Waals surface area contributed by atoms with Crippen LogP contribution in [0.5, 0.6) is 0 Å². The molecule has 1 saturated heterocycles. The number of halogens is 1. The van der Waals surface area contributed by atoms with Crippen molar-refractivity contribution >= 4 is 22.4 Å². The minimum absolute atomic E-state index is 0. The van der Waals surface area contributed by atoms with Gasteiger partial charge in [-0.25, -0.2) is 13.1 Å². The lowest BCUT2D eigenvalue weighted by molar-refractivity contribution is 0.203. The van der Waals surface area contributed by atoms with E-state index in [4.69, 9.17) is 0 Å². The maximum absolute atomic E-state index is 13.0. The number of hydrogen-bond acceptors (Lipinski definition) is 3. The SMILES string of the molecule is Cc1ccc(S(=O)(=O)NCCCC(CCCN2CCC(c3ccccc3)CC2)(c2ccccc2)c2ccccc2)cc1.Cl. The summed E-state index contributed by atoms with van der Waals surface area (Å²) < 4.78 is 28.8. The minimum atomic E-state index is -3.54. The molecule has 4 nitrogen and oxygen atoms in total. The van der Waals surface area contributed by atoms with Crippen LogP contribution in [0.4, 0.5) is 0 Å². The van der Waals surface area contributed by atoms with Gasteiger partial charge in [0, 0.05) is 12.0 Å². The van der Waals surface area contributed by atoms with Gasteiger partial charge in [0.25, 0.3) is 0 Å². The Morgan fingerprint density at radius 2 is 1.23 bits per heavy atom. The number of aryl methyl sites for hydroxylation is 1. The first-order valence-electron chi connectivity index (χ1n) is 15.4. The standard InChI is InChI=1S/C37H44N2O2S.ClH/c1-31-19-21-36(22-20-31)42(40,41)38-27-11-25-37(34-15-7-3-8-16-34,35-17-9-4-10-18-35)26-12-28-39-29-23-33(24-30-39)32-13-5-2-6-14-32;/h2-10,13-22,33,38H,11-12,23-30H2,1H3;1H. The molecule has 0 aliphatic carbocycles. The molecule has 1 aliphatic rings. The van der Waals surface area contributed by atoms with Crippen molar-refractivity contribution in [2.24, 2.45) is 0 Å². The van der Waals surface area contributed by atoms with Crippen molar-refractivity contribution in [2.75, 3.05) is 26.2 Å². The van der Waals surface area contributed by atoms with Crippen molar-refractivity contribution in [3.8, 4) is 0 Å². The normalized spacial score (nSPS) is 14.7. The van der Waals surface area contributed by atoms with Gasteiger partial charge >= 0.3 is 0 Å². The molecule has 1 fully saturated rings. The topological polar surface area (TPSA) is 49.4 Å². The number of piperidine rings is 1. The first-order chi connectivity index (χ1) is 20.5. The van der Waals surface area contributed by atoms with Gasteiger partial charge in [0.15, 0.2) is 0 Å². The molecule has 5 rings (SSSR count). The molecule has 43 heavy (non-hydrogen) atoms. The third-order valence-corrected chi connectivity index (χ3v) is 10.5. The zero-order valence-electron chi connectivity index (χ0n) is 25.2. The Bertz CT molecular complexity index is 1430. The third-order valence-electron chi connectivity index (χ3n) is 8.99. The second-order valence-electron chi connectivity index (χ2n) is 11.8. The van der Waals surface area contributed by atoms with E-state index in [2.05, 4.69) is 101 Å². The first kappa shape index (κ1) is 32.9. The van der Waals surface area contributed by atoms with Crippen LogP contribution < -0.4 is 4.72 Å². The lowest BCUT2D eigenvalue weighted by Gasteiger charge is -2.37. The molecular weight excluding hydrogens is 572 g/mol. The molecule has 6 heteroatoms. The van der Waals surface area contributed by atoms with Crippen molar-refractivity contribution in [3.05, 3.63) is 138 Å². The molecule has 4 aromatic rings. The van der Waals surface area contributed by atoms with Gasteiger partial charge in [-0.1, -0.05) is 109 Å². The maximum Gasteiger partial charge on any atom is 0.240 e. The third kappa shape index (κ3) is 8.57. The molecule has 228 valence electrons. The molecular formula is C37H45ClN2O2S. The molecule has 4 aromatic carbocycles. The molecule has 1 heterocycles. The molecule has 1 N–H and O–H groups in total. The second-order valence-corrected chi connectivity index (χ2v) is 13.5. The number of nitrogens with zero attached hydrogens (tertiary/aromatic N) is 1. The highest BCUT2D eigenvalue weighted by molar-refractivity contribution is 7.89. The van der Waals surface area contributed by atoms with E-state index in [0.29, 0.717) is 17.4 Å². The Labute approximate surface area is 265 Å². The van der Waals surface area contributed by atoms with Gasteiger partial charge < -0.3 is 4.90 Å². The van der Waals surface area contributed by atoms with Crippen molar-refractivity contribution in [1.29, 1.82) is 0 Å². The van der Waals surface area contributed by atoms with Crippen LogP contribution in [0.25, 0.3) is 0 Å². The molecule has 1 aliphatic heterocycles. The van der Waals surface area contributed by atoms with E-state index in [9.17, 15) is 8.42 Å². The lowest BCUT2D eigenvalue weighted by Crippen LogP contribution is -2.35. The van der Waals surface area contributed by atoms with Gasteiger partial charge in [-0.2, -0.15) is 0 Å². The molecule has 0 amide bonds. The molecule has 0 bridgehead atoms. The Balaban J connectivity index is 0.00000423. The molecule has 0 radical (unpaired) electrons. The van der Waals surface area contributed by atoms with Crippen LogP contribution in [-0.2, 0) is 15.4 Å². The summed E-state index contributed by atoms with van der Waals surface area (Å²) in [5, 5.41) is 0. The summed E-state index contributed by atoms with van der Waals surface area (Å²) in [5.74, 6) is 0.666. The lowest BCUT2D eigenvalue weighted by atomic mass is 9.68. The number of benzene rings is 4. The Morgan fingerprint density at radius 1 is 0.721 bits per heavy atom. The molecule has 0 atom stereocenters. The van der Waals surface area contributed by atoms with Gasteiger partial charge in [-0.05, 0) is 99.8 Å². The fraction of sp³-hybridized carbons (Fsp3) is 0.351. The van der Waals surface area contributed by atoms with Gasteiger partial charge in [0.05, 0.1) is 4.90 Å². The second kappa shape index (κ2) is 15.7. The highest BCUT2D eigenvalue weighted by atomic mass is 35.5. The quantitative estimate of drug-likeness (QED) is 0.154. The van der Waals surface area contributed by atoms with Crippen molar-refractivity contribution in [2.45, 2.75) is 61.7 Å². The summed E-state index contributed by atoms with van der Waals surface area (Å²) in [6, 6.07) is 39.6. The molecule has 0 saturated carbocycles. The van der Waals surface area contributed by atoms with Gasteiger partial charge in [0.2, 0.25) is 10.0 Å². The fourth-order valence-electron chi connectivity index (χ4n) is 6.60. The van der Waals surface area contributed by atoms with Gasteiger partial charge in [-0.15, -0.1) is 12.4 Å². The highest BCUT2D eigenvalue weighted by Crippen LogP contribution is 2.41. The van der Waals surface area contributed by atoms with Gasteiger partial charge in [-0.3, -0.25) is 0 Å². The van der Waals surface area contributed by atoms with Crippen LogP contribution in [0.15, 0.2) is 120 Å². The van der Waals surface area contributed by atoms with Crippen LogP contribution >= 0.6 is 12.4 Å². The van der Waals surface area contributed by atoms with Crippen molar-refractivity contribution in [1.82, 2.24) is 9.62 Å². The van der Waals surface area contributed by atoms with E-state index >= 15 is 0 Å². The predicted octanol–water partition coefficient (Wildman–Crippen LogP) is 8.12. The van der Waals surface area contributed by atoms with Crippen LogP contribution in [0.2, 0.25) is 0 Å². The minimum Gasteiger partial charge on any atom is -0.303 e. The fourth-order valence-corrected chi connectivity index (χ4v) is 7.67. The smallest absolute Gasteiger partial charge is 0.240 e. The highest BCUT2D eigenvalue weighted by Gasteiger charge is 2.34. The Morgan fingerprint density at radius 3 is 1.79 bits per heavy atom. The Hall–Kier alpha value is -2.96. The summed E-state index contributed by atoms with van der Waals surface area (Å²) in [7, 11) is -3.54. The summed E-state index contributed by atoms with van der Waals surface area (Å²) >= 11 is 0. The van der Waals surface area contributed by atoms with E-state index in [1.807, 2.05) is 19.1 Å². The van der Waals surface area contributed by atoms with E-state index < -0.39 is 10.0 Å². The predicted molar refractivity (Wildman–Crippen MR) is 181 cm³/mol. The number of nitrogens with one attached hydrogen (secondary N) is 1. The van der Waals surface area contributed by atoms with Crippen molar-refractivity contribution < 1.29 is 8.42 Å². The first-order valence-corrected chi connectivity index (χ1v) is 16.9. The summed E-state index contributed by atoms with van der Waals surface area (Å²) in [6.07, 6.45) is 6.16. The number of sulfonamides is 1. The van der Waals surface area contributed by atoms with Gasteiger partial charge in [0.1, 0.15) is 0 Å². The van der Waals surface area contributed by atoms with E-state index in [1.54, 1.807) is 12.1 Å². The van der Waals surface area contributed by atoms with Crippen molar-refractivity contribution in [3.63, 3.8) is 0 Å². The molecule has 0 unspecified atom stereocenters. The van der Waals surface area contributed by atoms with Crippen LogP contribution in [0.3, 0.4) is 0 Å². The zero-order valence-corrected chi connectivity index (χ0v) is 26.8. The van der Waals surface area contributed by atoms with Crippen LogP contribution in [0.1, 0.15) is 66.7 Å². The van der Waals surface area contributed by atoms with Crippen LogP contribution in [0, 0.1) is 6.92 Å². The largest absolute Gasteiger partial charge is 0.303 e. The zero-order chi connectivity index (χ0) is 29.3. The molecule has 0 aromatic heterocycles. The number of rotatable bonds is 13. The number of hydrogen-bond donors (Lipinski definition) is 1. The monoisotopic (exact) mass is 616 g/mol. The van der Waals surface area contributed by atoms with E-state index in [0.717, 1.165) is 50.9 Å². The summed E-state index contributed by atoms with van der Waals surface area (Å²) in [5.41, 5.74) is 4.95. The average Bonchev–Trinajstić information content (AvgIpc) is 3.04. The number of likely N-dealkylation sites (tertiary alicyclic amines) is 1. The Kier molecular flexibility index (Phi) is 12.0. The van der Waals surface area contributed by atoms with E-state index in [-0.39, 0.29) is 17.8 Å². The van der Waals surface area contributed by atoms with E-state index in [1.165, 1.54) is 29.5 Å². The molecule has 0 spiro atoms. The maximum atomic E-state index is 13.0. The summed E-state index contributed by atoms with van der Waals surface area (Å²) in [4.78, 5) is 2.96.